The lowest BCUT2D eigenvalue weighted by atomic mass is 9.97. The molecule has 2 aromatic carbocycles. The van der Waals surface area contributed by atoms with Crippen LogP contribution < -0.4 is 10.1 Å². The fourth-order valence-corrected chi connectivity index (χ4v) is 3.24. The Morgan fingerprint density at radius 2 is 2.00 bits per heavy atom. The molecule has 1 heterocycles. The molecule has 0 saturated carbocycles. The largest absolute Gasteiger partial charge is 0.484 e. The Balaban J connectivity index is 1.52. The fourth-order valence-electron chi connectivity index (χ4n) is 3.13. The van der Waals surface area contributed by atoms with Gasteiger partial charge in [0, 0.05) is 23.8 Å². The number of halogens is 1. The summed E-state index contributed by atoms with van der Waals surface area (Å²) in [5, 5.41) is 3.58. The highest BCUT2D eigenvalue weighted by atomic mass is 35.5. The number of hydrogen-bond acceptors (Lipinski definition) is 3. The smallest absolute Gasteiger partial charge is 0.260 e. The predicted molar refractivity (Wildman–Crippen MR) is 106 cm³/mol. The van der Waals surface area contributed by atoms with Crippen molar-refractivity contribution in [1.82, 2.24) is 4.90 Å². The van der Waals surface area contributed by atoms with Crippen LogP contribution in [0.1, 0.15) is 18.4 Å². The number of piperidine rings is 1. The van der Waals surface area contributed by atoms with Gasteiger partial charge in [-0.3, -0.25) is 9.59 Å². The molecule has 1 saturated heterocycles. The van der Waals surface area contributed by atoms with E-state index in [9.17, 15) is 9.59 Å². The second-order valence-electron chi connectivity index (χ2n) is 6.73. The van der Waals surface area contributed by atoms with Crippen molar-refractivity contribution >= 4 is 29.1 Å². The van der Waals surface area contributed by atoms with Crippen molar-refractivity contribution in [2.45, 2.75) is 19.8 Å². The van der Waals surface area contributed by atoms with Crippen molar-refractivity contribution in [2.24, 2.45) is 5.92 Å². The molecule has 3 rings (SSSR count). The van der Waals surface area contributed by atoms with Gasteiger partial charge in [-0.25, -0.2) is 0 Å². The van der Waals surface area contributed by atoms with Crippen LogP contribution in [-0.4, -0.2) is 36.4 Å². The van der Waals surface area contributed by atoms with Crippen LogP contribution in [0.4, 0.5) is 5.69 Å². The Labute approximate surface area is 164 Å². The number of likely N-dealkylation sites (tertiary alicyclic amines) is 1. The first-order valence-electron chi connectivity index (χ1n) is 9.05. The Morgan fingerprint density at radius 1 is 1.22 bits per heavy atom. The summed E-state index contributed by atoms with van der Waals surface area (Å²) in [5.41, 5.74) is 1.67. The maximum absolute atomic E-state index is 12.5. The van der Waals surface area contributed by atoms with E-state index in [0.717, 1.165) is 24.1 Å². The molecule has 1 N–H and O–H groups in total. The number of nitrogens with zero attached hydrogens (tertiary/aromatic N) is 1. The molecule has 0 radical (unpaired) electrons. The first kappa shape index (κ1) is 19.2. The van der Waals surface area contributed by atoms with Crippen LogP contribution in [0.3, 0.4) is 0 Å². The van der Waals surface area contributed by atoms with E-state index >= 15 is 0 Å². The normalized spacial score (nSPS) is 16.7. The van der Waals surface area contributed by atoms with Crippen LogP contribution in [0, 0.1) is 12.8 Å². The molecule has 2 aromatic rings. The van der Waals surface area contributed by atoms with Gasteiger partial charge in [0.15, 0.2) is 6.61 Å². The number of hydrogen-bond donors (Lipinski definition) is 1. The molecule has 0 aromatic heterocycles. The van der Waals surface area contributed by atoms with E-state index in [1.165, 1.54) is 0 Å². The van der Waals surface area contributed by atoms with Gasteiger partial charge in [-0.05, 0) is 55.7 Å². The minimum Gasteiger partial charge on any atom is -0.484 e. The third-order valence-corrected chi connectivity index (χ3v) is 5.10. The summed E-state index contributed by atoms with van der Waals surface area (Å²) >= 11 is 6.00. The average molecular weight is 387 g/mol. The Kier molecular flexibility index (Phi) is 6.35. The van der Waals surface area contributed by atoms with Gasteiger partial charge in [-0.15, -0.1) is 0 Å². The molecular formula is C21H23ClN2O3. The molecule has 142 valence electrons. The fraction of sp³-hybridized carbons (Fsp3) is 0.333. The van der Waals surface area contributed by atoms with Gasteiger partial charge in [0.2, 0.25) is 5.91 Å². The van der Waals surface area contributed by atoms with Crippen molar-refractivity contribution in [3.63, 3.8) is 0 Å². The molecule has 1 fully saturated rings. The number of carbonyl (C=O) groups excluding carboxylic acids is 2. The van der Waals surface area contributed by atoms with Gasteiger partial charge in [0.1, 0.15) is 5.75 Å². The summed E-state index contributed by atoms with van der Waals surface area (Å²) in [6.45, 7) is 2.91. The second-order valence-corrected chi connectivity index (χ2v) is 7.14. The zero-order chi connectivity index (χ0) is 19.2. The molecule has 6 heteroatoms. The number of anilines is 1. The number of nitrogens with one attached hydrogen (secondary N) is 1. The summed E-state index contributed by atoms with van der Waals surface area (Å²) in [6.07, 6.45) is 1.58. The third kappa shape index (κ3) is 5.23. The molecule has 0 unspecified atom stereocenters. The molecule has 0 spiro atoms. The van der Waals surface area contributed by atoms with Crippen molar-refractivity contribution in [3.05, 3.63) is 59.1 Å². The van der Waals surface area contributed by atoms with Crippen molar-refractivity contribution in [3.8, 4) is 5.75 Å². The SMILES string of the molecule is Cc1cc(OCC(=O)N2CCC[C@H](C(=O)Nc3ccccc3)C2)ccc1Cl. The van der Waals surface area contributed by atoms with Gasteiger partial charge in [0.05, 0.1) is 5.92 Å². The molecule has 0 aliphatic carbocycles. The predicted octanol–water partition coefficient (Wildman–Crippen LogP) is 3.90. The number of rotatable bonds is 5. The molecule has 5 nitrogen and oxygen atoms in total. The summed E-state index contributed by atoms with van der Waals surface area (Å²) in [5.74, 6) is 0.245. The first-order valence-corrected chi connectivity index (χ1v) is 9.43. The minimum atomic E-state index is -0.208. The standard InChI is InChI=1S/C21H23ClN2O3/c1-15-12-18(9-10-19(15)22)27-14-20(25)24-11-5-6-16(13-24)21(26)23-17-7-3-2-4-8-17/h2-4,7-10,12,16H,5-6,11,13-14H2,1H3,(H,23,26)/t16-/m0/s1. The second kappa shape index (κ2) is 8.91. The van der Waals surface area contributed by atoms with E-state index in [-0.39, 0.29) is 24.3 Å². The van der Waals surface area contributed by atoms with E-state index in [1.807, 2.05) is 43.3 Å². The lowest BCUT2D eigenvalue weighted by Gasteiger charge is -2.32. The number of aryl methyl sites for hydroxylation is 1. The van der Waals surface area contributed by atoms with Crippen LogP contribution in [0.5, 0.6) is 5.75 Å². The summed E-state index contributed by atoms with van der Waals surface area (Å²) < 4.78 is 5.60. The minimum absolute atomic E-state index is 0.0475. The van der Waals surface area contributed by atoms with E-state index in [4.69, 9.17) is 16.3 Å². The molecule has 27 heavy (non-hydrogen) atoms. The average Bonchev–Trinajstić information content (AvgIpc) is 2.69. The molecule has 1 aliphatic rings. The summed E-state index contributed by atoms with van der Waals surface area (Å²) in [6, 6.07) is 14.7. The van der Waals surface area contributed by atoms with Crippen LogP contribution in [-0.2, 0) is 9.59 Å². The third-order valence-electron chi connectivity index (χ3n) is 4.68. The van der Waals surface area contributed by atoms with Crippen molar-refractivity contribution < 1.29 is 14.3 Å². The highest BCUT2D eigenvalue weighted by Crippen LogP contribution is 2.22. The number of para-hydroxylation sites is 1. The van der Waals surface area contributed by atoms with Gasteiger partial charge in [-0.2, -0.15) is 0 Å². The van der Waals surface area contributed by atoms with Gasteiger partial charge in [0.25, 0.3) is 5.91 Å². The number of amides is 2. The zero-order valence-corrected chi connectivity index (χ0v) is 16.0. The van der Waals surface area contributed by atoms with Crippen molar-refractivity contribution in [2.75, 3.05) is 25.0 Å². The highest BCUT2D eigenvalue weighted by molar-refractivity contribution is 6.31. The monoisotopic (exact) mass is 386 g/mol. The van der Waals surface area contributed by atoms with Crippen LogP contribution in [0.15, 0.2) is 48.5 Å². The maximum atomic E-state index is 12.5. The number of carbonyl (C=O) groups is 2. The summed E-state index contributed by atoms with van der Waals surface area (Å²) in [7, 11) is 0. The van der Waals surface area contributed by atoms with Crippen LogP contribution >= 0.6 is 11.6 Å². The van der Waals surface area contributed by atoms with E-state index < -0.39 is 0 Å². The molecule has 1 atom stereocenters. The van der Waals surface area contributed by atoms with E-state index in [1.54, 1.807) is 17.0 Å². The lowest BCUT2D eigenvalue weighted by molar-refractivity contribution is -0.136. The number of benzene rings is 2. The first-order chi connectivity index (χ1) is 13.0. The lowest BCUT2D eigenvalue weighted by Crippen LogP contribution is -2.45. The Morgan fingerprint density at radius 3 is 2.74 bits per heavy atom. The van der Waals surface area contributed by atoms with Gasteiger partial charge >= 0.3 is 0 Å². The quantitative estimate of drug-likeness (QED) is 0.847. The zero-order valence-electron chi connectivity index (χ0n) is 15.3. The molecule has 1 aliphatic heterocycles. The molecular weight excluding hydrogens is 364 g/mol. The van der Waals surface area contributed by atoms with E-state index in [0.29, 0.717) is 23.9 Å². The van der Waals surface area contributed by atoms with Crippen molar-refractivity contribution in [1.29, 1.82) is 0 Å². The molecule has 0 bridgehead atoms. The van der Waals surface area contributed by atoms with Gasteiger partial charge < -0.3 is 15.0 Å². The van der Waals surface area contributed by atoms with Crippen LogP contribution in [0.25, 0.3) is 0 Å². The van der Waals surface area contributed by atoms with Gasteiger partial charge in [-0.1, -0.05) is 29.8 Å². The highest BCUT2D eigenvalue weighted by Gasteiger charge is 2.28. The molecule has 2 amide bonds. The van der Waals surface area contributed by atoms with E-state index in [2.05, 4.69) is 5.32 Å². The summed E-state index contributed by atoms with van der Waals surface area (Å²) in [4.78, 5) is 26.7. The topological polar surface area (TPSA) is 58.6 Å². The Bertz CT molecular complexity index is 810. The number of ether oxygens (including phenoxy) is 1. The Hall–Kier alpha value is -2.53. The van der Waals surface area contributed by atoms with Crippen LogP contribution in [0.2, 0.25) is 5.02 Å². The maximum Gasteiger partial charge on any atom is 0.260 e.